The topological polar surface area (TPSA) is 193 Å². The number of nitrogens with zero attached hydrogens (tertiary/aromatic N) is 1. The number of fused-ring (bicyclic) bond motifs is 1. The van der Waals surface area contributed by atoms with Crippen molar-refractivity contribution >= 4 is 58.0 Å². The number of benzene rings is 2. The SMILES string of the molecule is COC(=O)CC[C@H](NC(=O)CCl)C(=O)N1CCCC[C@H]1C(=O)NC(Cc1c[nH]c2ccccc12)C(=O)N[C@@H](Cc1ccccc1)C(N)=O. The van der Waals surface area contributed by atoms with Crippen molar-refractivity contribution in [1.82, 2.24) is 25.8 Å². The van der Waals surface area contributed by atoms with Crippen molar-refractivity contribution in [2.75, 3.05) is 19.5 Å². The molecule has 14 heteroatoms. The lowest BCUT2D eigenvalue weighted by molar-refractivity contribution is -0.146. The first-order chi connectivity index (χ1) is 23.1. The standard InChI is InChI=1S/C34H41ClN6O7/c1-48-30(43)15-14-25(38-29(42)19-35)34(47)41-16-8-7-13-28(41)33(46)40-27(18-22-20-37-24-12-6-5-11-23(22)24)32(45)39-26(31(36)44)17-21-9-3-2-4-10-21/h2-6,9-12,20,25-28,37H,7-8,13-19H2,1H3,(H2,36,44)(H,38,42)(H,39,45)(H,40,46)/t25-,26-,27?,28-/m0/s1. The molecule has 1 unspecified atom stereocenters. The zero-order valence-electron chi connectivity index (χ0n) is 26.7. The molecule has 1 aliphatic rings. The fourth-order valence-electron chi connectivity index (χ4n) is 5.87. The van der Waals surface area contributed by atoms with Crippen LogP contribution in [0.3, 0.4) is 0 Å². The van der Waals surface area contributed by atoms with E-state index >= 15 is 0 Å². The second-order valence-electron chi connectivity index (χ2n) is 11.7. The molecule has 1 fully saturated rings. The molecule has 4 rings (SSSR count). The van der Waals surface area contributed by atoms with Crippen molar-refractivity contribution in [1.29, 1.82) is 0 Å². The van der Waals surface area contributed by atoms with Gasteiger partial charge in [0.05, 0.1) is 7.11 Å². The number of hydrogen-bond acceptors (Lipinski definition) is 7. The van der Waals surface area contributed by atoms with Gasteiger partial charge in [0.15, 0.2) is 0 Å². The summed E-state index contributed by atoms with van der Waals surface area (Å²) in [6, 6.07) is 12.3. The molecule has 0 bridgehead atoms. The lowest BCUT2D eigenvalue weighted by atomic mass is 9.97. The molecule has 1 saturated heterocycles. The van der Waals surface area contributed by atoms with Crippen LogP contribution in [0.2, 0.25) is 0 Å². The Morgan fingerprint density at radius 3 is 2.38 bits per heavy atom. The van der Waals surface area contributed by atoms with E-state index in [-0.39, 0.29) is 32.2 Å². The molecule has 2 heterocycles. The minimum Gasteiger partial charge on any atom is -0.469 e. The highest BCUT2D eigenvalue weighted by Crippen LogP contribution is 2.22. The van der Waals surface area contributed by atoms with Crippen LogP contribution in [0.1, 0.15) is 43.2 Å². The van der Waals surface area contributed by atoms with E-state index in [2.05, 4.69) is 20.9 Å². The van der Waals surface area contributed by atoms with Crippen molar-refractivity contribution in [3.05, 3.63) is 71.9 Å². The number of hydrogen-bond donors (Lipinski definition) is 5. The number of piperidine rings is 1. The molecule has 0 aliphatic carbocycles. The maximum absolute atomic E-state index is 14.0. The van der Waals surface area contributed by atoms with Gasteiger partial charge in [-0.15, -0.1) is 11.6 Å². The Balaban J connectivity index is 1.58. The number of aromatic amines is 1. The van der Waals surface area contributed by atoms with Gasteiger partial charge in [0.1, 0.15) is 30.0 Å². The molecule has 4 atom stereocenters. The zero-order valence-corrected chi connectivity index (χ0v) is 27.5. The Labute approximate surface area is 283 Å². The first-order valence-electron chi connectivity index (χ1n) is 15.8. The van der Waals surface area contributed by atoms with Gasteiger partial charge in [-0.05, 0) is 42.9 Å². The van der Waals surface area contributed by atoms with E-state index in [1.165, 1.54) is 12.0 Å². The Bertz CT molecular complexity index is 1610. The summed E-state index contributed by atoms with van der Waals surface area (Å²) >= 11 is 5.68. The molecule has 256 valence electrons. The number of carbonyl (C=O) groups excluding carboxylic acids is 6. The summed E-state index contributed by atoms with van der Waals surface area (Å²) < 4.78 is 4.69. The molecule has 48 heavy (non-hydrogen) atoms. The number of para-hydroxylation sites is 1. The number of primary amides is 1. The third-order valence-corrected chi connectivity index (χ3v) is 8.63. The summed E-state index contributed by atoms with van der Waals surface area (Å²) in [6.07, 6.45) is 3.36. The highest BCUT2D eigenvalue weighted by molar-refractivity contribution is 6.27. The highest BCUT2D eigenvalue weighted by Gasteiger charge is 2.38. The molecule has 0 saturated carbocycles. The van der Waals surface area contributed by atoms with E-state index in [4.69, 9.17) is 22.1 Å². The van der Waals surface area contributed by atoms with Gasteiger partial charge >= 0.3 is 5.97 Å². The number of alkyl halides is 1. The van der Waals surface area contributed by atoms with Gasteiger partial charge in [0.2, 0.25) is 29.5 Å². The number of likely N-dealkylation sites (tertiary alicyclic amines) is 1. The third kappa shape index (κ3) is 9.57. The van der Waals surface area contributed by atoms with Crippen molar-refractivity contribution in [3.8, 4) is 0 Å². The maximum Gasteiger partial charge on any atom is 0.305 e. The van der Waals surface area contributed by atoms with Crippen molar-refractivity contribution in [3.63, 3.8) is 0 Å². The molecule has 1 aromatic heterocycles. The number of aromatic nitrogens is 1. The summed E-state index contributed by atoms with van der Waals surface area (Å²) in [4.78, 5) is 82.6. The Morgan fingerprint density at radius 1 is 0.938 bits per heavy atom. The molecule has 1 aliphatic heterocycles. The molecule has 13 nitrogen and oxygen atoms in total. The third-order valence-electron chi connectivity index (χ3n) is 8.38. The van der Waals surface area contributed by atoms with E-state index in [1.807, 2.05) is 54.6 Å². The number of carbonyl (C=O) groups is 6. The average molecular weight is 681 g/mol. The normalized spacial score (nSPS) is 16.3. The summed E-state index contributed by atoms with van der Waals surface area (Å²) in [6.45, 7) is 0.225. The van der Waals surface area contributed by atoms with E-state index in [1.54, 1.807) is 6.20 Å². The van der Waals surface area contributed by atoms with Crippen LogP contribution in [0.25, 0.3) is 10.9 Å². The van der Waals surface area contributed by atoms with Crippen LogP contribution in [0.5, 0.6) is 0 Å². The maximum atomic E-state index is 14.0. The van der Waals surface area contributed by atoms with Crippen LogP contribution in [0.4, 0.5) is 0 Å². The molecule has 3 aromatic rings. The van der Waals surface area contributed by atoms with E-state index < -0.39 is 65.6 Å². The van der Waals surface area contributed by atoms with Gasteiger partial charge in [-0.2, -0.15) is 0 Å². The van der Waals surface area contributed by atoms with Crippen LogP contribution < -0.4 is 21.7 Å². The summed E-state index contributed by atoms with van der Waals surface area (Å²) in [5, 5.41) is 8.97. The summed E-state index contributed by atoms with van der Waals surface area (Å²) in [5.74, 6) is -4.03. The van der Waals surface area contributed by atoms with Gasteiger partial charge in [-0.3, -0.25) is 28.8 Å². The number of amides is 5. The highest BCUT2D eigenvalue weighted by atomic mass is 35.5. The van der Waals surface area contributed by atoms with Crippen LogP contribution in [0.15, 0.2) is 60.8 Å². The quantitative estimate of drug-likeness (QED) is 0.118. The minimum absolute atomic E-state index is 0.0551. The van der Waals surface area contributed by atoms with Crippen LogP contribution >= 0.6 is 11.6 Å². The van der Waals surface area contributed by atoms with Crippen molar-refractivity contribution < 1.29 is 33.5 Å². The summed E-state index contributed by atoms with van der Waals surface area (Å²) in [5.41, 5.74) is 8.07. The van der Waals surface area contributed by atoms with E-state index in [0.29, 0.717) is 19.3 Å². The predicted octanol–water partition coefficient (Wildman–Crippen LogP) is 1.47. The van der Waals surface area contributed by atoms with Gasteiger partial charge in [0, 0.05) is 42.9 Å². The van der Waals surface area contributed by atoms with Gasteiger partial charge in [0.25, 0.3) is 0 Å². The molecular formula is C34H41ClN6O7. The number of rotatable bonds is 15. The van der Waals surface area contributed by atoms with Crippen LogP contribution in [0, 0.1) is 0 Å². The number of nitrogens with two attached hydrogens (primary N) is 1. The molecule has 0 radical (unpaired) electrons. The fraction of sp³-hybridized carbons (Fsp3) is 0.412. The van der Waals surface area contributed by atoms with Crippen LogP contribution in [-0.4, -0.2) is 89.1 Å². The molecule has 0 spiro atoms. The smallest absolute Gasteiger partial charge is 0.305 e. The van der Waals surface area contributed by atoms with Crippen molar-refractivity contribution in [2.24, 2.45) is 5.73 Å². The number of nitrogens with one attached hydrogen (secondary N) is 4. The lowest BCUT2D eigenvalue weighted by Gasteiger charge is -2.37. The molecule has 2 aromatic carbocycles. The average Bonchev–Trinajstić information content (AvgIpc) is 3.51. The molecular weight excluding hydrogens is 640 g/mol. The van der Waals surface area contributed by atoms with Crippen molar-refractivity contribution in [2.45, 2.75) is 69.1 Å². The molecule has 5 amide bonds. The van der Waals surface area contributed by atoms with Gasteiger partial charge in [-0.25, -0.2) is 0 Å². The van der Waals surface area contributed by atoms with E-state index in [0.717, 1.165) is 22.0 Å². The monoisotopic (exact) mass is 680 g/mol. The van der Waals surface area contributed by atoms with Gasteiger partial charge < -0.3 is 36.3 Å². The Morgan fingerprint density at radius 2 is 1.67 bits per heavy atom. The minimum atomic E-state index is -1.14. The fourth-order valence-corrected chi connectivity index (χ4v) is 5.94. The Kier molecular flexibility index (Phi) is 13.0. The largest absolute Gasteiger partial charge is 0.469 e. The first-order valence-corrected chi connectivity index (χ1v) is 16.4. The molecule has 6 N–H and O–H groups in total. The number of methoxy groups -OCH3 is 1. The second kappa shape index (κ2) is 17.3. The summed E-state index contributed by atoms with van der Waals surface area (Å²) in [7, 11) is 1.22. The van der Waals surface area contributed by atoms with Gasteiger partial charge in [-0.1, -0.05) is 48.5 Å². The zero-order chi connectivity index (χ0) is 34.6. The number of H-pyrrole nitrogens is 1. The van der Waals surface area contributed by atoms with Crippen LogP contribution in [-0.2, 0) is 46.3 Å². The second-order valence-corrected chi connectivity index (χ2v) is 12.0. The number of esters is 1. The number of halogens is 1. The Hall–Kier alpha value is -4.91. The number of ether oxygens (including phenoxy) is 1. The van der Waals surface area contributed by atoms with E-state index in [9.17, 15) is 28.8 Å². The lowest BCUT2D eigenvalue weighted by Crippen LogP contribution is -2.60. The first kappa shape index (κ1) is 35.9. The predicted molar refractivity (Wildman–Crippen MR) is 178 cm³/mol.